The quantitative estimate of drug-likeness (QED) is 0.831. The molecule has 0 aliphatic carbocycles. The molecule has 0 unspecified atom stereocenters. The smallest absolute Gasteiger partial charge is 0.255 e. The fourth-order valence-corrected chi connectivity index (χ4v) is 1.68. The molecule has 0 radical (unpaired) electrons. The van der Waals surface area contributed by atoms with Gasteiger partial charge in [0.15, 0.2) is 0 Å². The van der Waals surface area contributed by atoms with Gasteiger partial charge in [0, 0.05) is 18.4 Å². The molecular formula is C16H16FNO3. The van der Waals surface area contributed by atoms with E-state index in [9.17, 15) is 9.18 Å². The molecule has 0 aliphatic heterocycles. The predicted octanol–water partition coefficient (Wildman–Crippen LogP) is 3.10. The van der Waals surface area contributed by atoms with Gasteiger partial charge in [0.2, 0.25) is 0 Å². The average Bonchev–Trinajstić information content (AvgIpc) is 2.50. The summed E-state index contributed by atoms with van der Waals surface area (Å²) in [5.41, 5.74) is 1.04. The number of amides is 1. The summed E-state index contributed by atoms with van der Waals surface area (Å²) in [6, 6.07) is 12.4. The maximum absolute atomic E-state index is 12.8. The van der Waals surface area contributed by atoms with E-state index < -0.39 is 0 Å². The molecule has 0 saturated heterocycles. The molecule has 0 aliphatic rings. The topological polar surface area (TPSA) is 47.6 Å². The molecule has 0 aromatic heterocycles. The monoisotopic (exact) mass is 289 g/mol. The van der Waals surface area contributed by atoms with E-state index in [1.807, 2.05) is 0 Å². The van der Waals surface area contributed by atoms with Crippen molar-refractivity contribution in [3.8, 4) is 5.75 Å². The fourth-order valence-electron chi connectivity index (χ4n) is 1.68. The van der Waals surface area contributed by atoms with Gasteiger partial charge >= 0.3 is 0 Å². The van der Waals surface area contributed by atoms with Gasteiger partial charge < -0.3 is 14.8 Å². The standard InChI is InChI=1S/C16H16FNO3/c1-20-10-11-21-15-8-6-14(7-9-15)18-16(19)12-2-4-13(17)5-3-12/h2-9H,10-11H2,1H3,(H,18,19). The van der Waals surface area contributed by atoms with Gasteiger partial charge in [-0.15, -0.1) is 0 Å². The van der Waals surface area contributed by atoms with Crippen LogP contribution in [0.15, 0.2) is 48.5 Å². The highest BCUT2D eigenvalue weighted by Crippen LogP contribution is 2.16. The molecule has 2 aromatic rings. The lowest BCUT2D eigenvalue weighted by molar-refractivity contribution is 0.102. The van der Waals surface area contributed by atoms with Gasteiger partial charge in [-0.25, -0.2) is 4.39 Å². The van der Waals surface area contributed by atoms with Crippen molar-refractivity contribution in [2.75, 3.05) is 25.6 Å². The fraction of sp³-hybridized carbons (Fsp3) is 0.188. The molecule has 2 aromatic carbocycles. The minimum Gasteiger partial charge on any atom is -0.491 e. The van der Waals surface area contributed by atoms with Crippen LogP contribution in [0, 0.1) is 5.82 Å². The molecule has 1 amide bonds. The van der Waals surface area contributed by atoms with Crippen molar-refractivity contribution in [2.45, 2.75) is 0 Å². The average molecular weight is 289 g/mol. The zero-order valence-corrected chi connectivity index (χ0v) is 11.6. The first-order chi connectivity index (χ1) is 10.2. The first kappa shape index (κ1) is 15.0. The Bertz CT molecular complexity index is 581. The van der Waals surface area contributed by atoms with Crippen LogP contribution in [0.25, 0.3) is 0 Å². The maximum atomic E-state index is 12.8. The Kier molecular flexibility index (Phi) is 5.29. The summed E-state index contributed by atoms with van der Waals surface area (Å²) in [6.45, 7) is 0.987. The number of rotatable bonds is 6. The summed E-state index contributed by atoms with van der Waals surface area (Å²) >= 11 is 0. The Hall–Kier alpha value is -2.40. The highest BCUT2D eigenvalue weighted by molar-refractivity contribution is 6.04. The number of hydrogen-bond donors (Lipinski definition) is 1. The molecule has 110 valence electrons. The predicted molar refractivity (Wildman–Crippen MR) is 78.2 cm³/mol. The summed E-state index contributed by atoms with van der Waals surface area (Å²) in [5.74, 6) is 0.0407. The largest absolute Gasteiger partial charge is 0.491 e. The zero-order valence-electron chi connectivity index (χ0n) is 11.6. The third kappa shape index (κ3) is 4.57. The molecule has 1 N–H and O–H groups in total. The third-order valence-electron chi connectivity index (χ3n) is 2.77. The number of hydrogen-bond acceptors (Lipinski definition) is 3. The molecule has 2 rings (SSSR count). The van der Waals surface area contributed by atoms with Crippen molar-refractivity contribution >= 4 is 11.6 Å². The summed E-state index contributed by atoms with van der Waals surface area (Å²) in [7, 11) is 1.61. The molecule has 21 heavy (non-hydrogen) atoms. The van der Waals surface area contributed by atoms with Gasteiger partial charge in [-0.1, -0.05) is 0 Å². The first-order valence-corrected chi connectivity index (χ1v) is 6.48. The van der Waals surface area contributed by atoms with Crippen molar-refractivity contribution in [3.05, 3.63) is 59.9 Å². The molecular weight excluding hydrogens is 273 g/mol. The highest BCUT2D eigenvalue weighted by atomic mass is 19.1. The molecule has 0 bridgehead atoms. The Labute approximate surface area is 122 Å². The lowest BCUT2D eigenvalue weighted by atomic mass is 10.2. The van der Waals surface area contributed by atoms with Gasteiger partial charge in [-0.2, -0.15) is 0 Å². The first-order valence-electron chi connectivity index (χ1n) is 6.48. The van der Waals surface area contributed by atoms with Gasteiger partial charge in [-0.3, -0.25) is 4.79 Å². The molecule has 4 nitrogen and oxygen atoms in total. The number of carbonyl (C=O) groups excluding carboxylic acids is 1. The zero-order chi connectivity index (χ0) is 15.1. The number of halogens is 1. The Morgan fingerprint density at radius 1 is 1.05 bits per heavy atom. The highest BCUT2D eigenvalue weighted by Gasteiger charge is 2.06. The molecule has 0 fully saturated rings. The number of nitrogens with one attached hydrogen (secondary N) is 1. The van der Waals surface area contributed by atoms with Crippen LogP contribution in [-0.4, -0.2) is 26.2 Å². The number of ether oxygens (including phenoxy) is 2. The molecule has 0 heterocycles. The molecule has 5 heteroatoms. The van der Waals surface area contributed by atoms with Crippen LogP contribution >= 0.6 is 0 Å². The SMILES string of the molecule is COCCOc1ccc(NC(=O)c2ccc(F)cc2)cc1. The van der Waals surface area contributed by atoms with Crippen LogP contribution in [0.5, 0.6) is 5.75 Å². The van der Waals surface area contributed by atoms with E-state index >= 15 is 0 Å². The normalized spacial score (nSPS) is 10.2. The van der Waals surface area contributed by atoms with Gasteiger partial charge in [0.1, 0.15) is 18.2 Å². The van der Waals surface area contributed by atoms with Gasteiger partial charge in [0.05, 0.1) is 6.61 Å². The van der Waals surface area contributed by atoms with E-state index in [0.717, 1.165) is 0 Å². The number of anilines is 1. The van der Waals surface area contributed by atoms with Crippen LogP contribution in [0.1, 0.15) is 10.4 Å². The Morgan fingerprint density at radius 2 is 1.71 bits per heavy atom. The second-order valence-corrected chi connectivity index (χ2v) is 4.33. The Balaban J connectivity index is 1.93. The van der Waals surface area contributed by atoms with Crippen molar-refractivity contribution in [3.63, 3.8) is 0 Å². The summed E-state index contributed by atoms with van der Waals surface area (Å²) < 4.78 is 23.1. The summed E-state index contributed by atoms with van der Waals surface area (Å²) in [4.78, 5) is 11.9. The summed E-state index contributed by atoms with van der Waals surface area (Å²) in [6.07, 6.45) is 0. The van der Waals surface area contributed by atoms with Crippen molar-refractivity contribution in [1.82, 2.24) is 0 Å². The van der Waals surface area contributed by atoms with E-state index in [0.29, 0.717) is 30.2 Å². The summed E-state index contributed by atoms with van der Waals surface area (Å²) in [5, 5.41) is 2.73. The molecule has 0 spiro atoms. The Morgan fingerprint density at radius 3 is 2.33 bits per heavy atom. The number of methoxy groups -OCH3 is 1. The van der Waals surface area contributed by atoms with E-state index in [1.54, 1.807) is 31.4 Å². The van der Waals surface area contributed by atoms with Crippen LogP contribution in [-0.2, 0) is 4.74 Å². The van der Waals surface area contributed by atoms with Crippen molar-refractivity contribution < 1.29 is 18.7 Å². The van der Waals surface area contributed by atoms with E-state index in [1.165, 1.54) is 24.3 Å². The minimum absolute atomic E-state index is 0.289. The van der Waals surface area contributed by atoms with Gasteiger partial charge in [0.25, 0.3) is 5.91 Å². The van der Waals surface area contributed by atoms with Crippen LogP contribution in [0.4, 0.5) is 10.1 Å². The van der Waals surface area contributed by atoms with Gasteiger partial charge in [-0.05, 0) is 48.5 Å². The van der Waals surface area contributed by atoms with Crippen LogP contribution in [0.2, 0.25) is 0 Å². The second-order valence-electron chi connectivity index (χ2n) is 4.33. The molecule has 0 atom stereocenters. The van der Waals surface area contributed by atoms with Crippen LogP contribution in [0.3, 0.4) is 0 Å². The van der Waals surface area contributed by atoms with Crippen molar-refractivity contribution in [1.29, 1.82) is 0 Å². The lowest BCUT2D eigenvalue weighted by Crippen LogP contribution is -2.11. The number of benzene rings is 2. The molecule has 0 saturated carbocycles. The van der Waals surface area contributed by atoms with E-state index in [2.05, 4.69) is 5.32 Å². The van der Waals surface area contributed by atoms with Crippen LogP contribution < -0.4 is 10.1 Å². The lowest BCUT2D eigenvalue weighted by Gasteiger charge is -2.08. The third-order valence-corrected chi connectivity index (χ3v) is 2.77. The minimum atomic E-state index is -0.371. The number of carbonyl (C=O) groups is 1. The maximum Gasteiger partial charge on any atom is 0.255 e. The van der Waals surface area contributed by atoms with E-state index in [4.69, 9.17) is 9.47 Å². The second kappa shape index (κ2) is 7.40. The van der Waals surface area contributed by atoms with Crippen molar-refractivity contribution in [2.24, 2.45) is 0 Å². The van der Waals surface area contributed by atoms with E-state index in [-0.39, 0.29) is 11.7 Å².